The topological polar surface area (TPSA) is 129 Å². The Balaban J connectivity index is 1.76. The average molecular weight is 474 g/mol. The van der Waals surface area contributed by atoms with E-state index in [0.717, 1.165) is 28.3 Å². The molecular weight excluding hydrogens is 450 g/mol. The molecule has 2 heterocycles. The van der Waals surface area contributed by atoms with E-state index in [9.17, 15) is 14.4 Å². The van der Waals surface area contributed by atoms with Crippen LogP contribution in [0.1, 0.15) is 38.1 Å². The summed E-state index contributed by atoms with van der Waals surface area (Å²) in [7, 11) is 1.23. The lowest BCUT2D eigenvalue weighted by Crippen LogP contribution is -2.16. The number of benzene rings is 1. The number of methoxy groups -OCH3 is 1. The van der Waals surface area contributed by atoms with Crippen LogP contribution in [0.4, 0.5) is 5.00 Å². The molecule has 0 aliphatic carbocycles. The summed E-state index contributed by atoms with van der Waals surface area (Å²) in [6.07, 6.45) is 0. The molecule has 1 aromatic carbocycles. The summed E-state index contributed by atoms with van der Waals surface area (Å²) < 4.78 is 6.72. The van der Waals surface area contributed by atoms with E-state index in [1.54, 1.807) is 6.92 Å². The lowest BCUT2D eigenvalue weighted by Gasteiger charge is -2.08. The van der Waals surface area contributed by atoms with Gasteiger partial charge in [0, 0.05) is 12.1 Å². The first kappa shape index (κ1) is 23.5. The van der Waals surface area contributed by atoms with E-state index < -0.39 is 11.9 Å². The van der Waals surface area contributed by atoms with Gasteiger partial charge in [0.1, 0.15) is 5.00 Å². The van der Waals surface area contributed by atoms with Gasteiger partial charge in [-0.05, 0) is 26.3 Å². The molecule has 2 aromatic heterocycles. The van der Waals surface area contributed by atoms with E-state index in [-0.39, 0.29) is 27.1 Å². The molecule has 0 radical (unpaired) electrons. The molecule has 0 spiro atoms. The monoisotopic (exact) mass is 473 g/mol. The Hall–Kier alpha value is -3.18. The minimum absolute atomic E-state index is 0.0372. The number of carbonyl (C=O) groups excluding carboxylic acids is 3. The van der Waals surface area contributed by atoms with Crippen molar-refractivity contribution in [3.05, 3.63) is 45.8 Å². The number of carbonyl (C=O) groups is 3. The second-order valence-corrected chi connectivity index (χ2v) is 8.83. The number of thioether (sulfide) groups is 1. The molecule has 0 saturated carbocycles. The summed E-state index contributed by atoms with van der Waals surface area (Å²) in [5.41, 5.74) is 7.98. The maximum Gasteiger partial charge on any atom is 0.341 e. The van der Waals surface area contributed by atoms with E-state index in [1.165, 1.54) is 18.9 Å². The molecule has 9 nitrogen and oxygen atoms in total. The molecule has 0 unspecified atom stereocenters. The van der Waals surface area contributed by atoms with Crippen LogP contribution in [0.25, 0.3) is 11.4 Å². The van der Waals surface area contributed by atoms with E-state index in [4.69, 9.17) is 10.5 Å². The molecule has 0 saturated heterocycles. The molecule has 3 rings (SSSR count). The number of rotatable bonds is 8. The first-order chi connectivity index (χ1) is 15.3. The first-order valence-corrected chi connectivity index (χ1v) is 11.5. The number of anilines is 1. The number of aromatic nitrogens is 3. The number of nitrogens with two attached hydrogens (primary N) is 1. The van der Waals surface area contributed by atoms with Gasteiger partial charge in [-0.1, -0.05) is 41.6 Å². The summed E-state index contributed by atoms with van der Waals surface area (Å²) in [5, 5.41) is 12.0. The standard InChI is InChI=1S/C21H23N5O4S2/c1-5-26-18(13-8-6-11(2)7-9-13)24-25-21(26)31-10-14(27)23-19-15(20(29)30-4)12(3)16(32-19)17(22)28/h6-9H,5,10H2,1-4H3,(H2,22,28)(H,23,27). The van der Waals surface area contributed by atoms with Gasteiger partial charge in [-0.25, -0.2) is 4.79 Å². The molecule has 0 aliphatic rings. The zero-order valence-corrected chi connectivity index (χ0v) is 19.7. The van der Waals surface area contributed by atoms with Crippen LogP contribution in [0.2, 0.25) is 0 Å². The zero-order chi connectivity index (χ0) is 23.4. The molecule has 32 heavy (non-hydrogen) atoms. The van der Waals surface area contributed by atoms with Crippen molar-refractivity contribution < 1.29 is 19.1 Å². The number of thiophene rings is 1. The fourth-order valence-corrected chi connectivity index (χ4v) is 4.94. The molecule has 3 aromatic rings. The lowest BCUT2D eigenvalue weighted by molar-refractivity contribution is -0.113. The van der Waals surface area contributed by atoms with Crippen molar-refractivity contribution in [3.63, 3.8) is 0 Å². The third-order valence-electron chi connectivity index (χ3n) is 4.69. The number of ether oxygens (including phenoxy) is 1. The van der Waals surface area contributed by atoms with Crippen LogP contribution in [0, 0.1) is 13.8 Å². The molecule has 0 bridgehead atoms. The number of aryl methyl sites for hydroxylation is 1. The SMILES string of the molecule is CCn1c(SCC(=O)Nc2sc(C(N)=O)c(C)c2C(=O)OC)nnc1-c1ccc(C)cc1. The quantitative estimate of drug-likeness (QED) is 0.379. The summed E-state index contributed by atoms with van der Waals surface area (Å²) in [5.74, 6) is -0.923. The van der Waals surface area contributed by atoms with Gasteiger partial charge in [0.15, 0.2) is 11.0 Å². The summed E-state index contributed by atoms with van der Waals surface area (Å²) >= 11 is 2.18. The molecule has 0 atom stereocenters. The van der Waals surface area contributed by atoms with Crippen LogP contribution >= 0.6 is 23.1 Å². The predicted octanol–water partition coefficient (Wildman–Crippen LogP) is 3.26. The van der Waals surface area contributed by atoms with Crippen LogP contribution in [0.5, 0.6) is 0 Å². The maximum atomic E-state index is 12.6. The molecule has 3 N–H and O–H groups in total. The fraction of sp³-hybridized carbons (Fsp3) is 0.286. The maximum absolute atomic E-state index is 12.6. The van der Waals surface area contributed by atoms with Crippen LogP contribution in [0.15, 0.2) is 29.4 Å². The number of esters is 1. The summed E-state index contributed by atoms with van der Waals surface area (Å²) in [6, 6.07) is 7.98. The Morgan fingerprint density at radius 2 is 1.88 bits per heavy atom. The van der Waals surface area contributed by atoms with Crippen LogP contribution in [-0.4, -0.2) is 45.4 Å². The predicted molar refractivity (Wildman–Crippen MR) is 124 cm³/mol. The van der Waals surface area contributed by atoms with Gasteiger partial charge in [-0.3, -0.25) is 9.59 Å². The van der Waals surface area contributed by atoms with Crippen LogP contribution < -0.4 is 11.1 Å². The Labute approximate surface area is 193 Å². The number of amides is 2. The van der Waals surface area contributed by atoms with Crippen molar-refractivity contribution >= 4 is 45.9 Å². The van der Waals surface area contributed by atoms with Crippen molar-refractivity contribution in [1.82, 2.24) is 14.8 Å². The molecule has 168 valence electrons. The smallest absolute Gasteiger partial charge is 0.341 e. The van der Waals surface area contributed by atoms with Gasteiger partial charge in [0.05, 0.1) is 23.3 Å². The van der Waals surface area contributed by atoms with E-state index in [2.05, 4.69) is 15.5 Å². The van der Waals surface area contributed by atoms with E-state index >= 15 is 0 Å². The number of nitrogens with one attached hydrogen (secondary N) is 1. The number of primary amides is 1. The Morgan fingerprint density at radius 3 is 2.47 bits per heavy atom. The normalized spacial score (nSPS) is 10.8. The largest absolute Gasteiger partial charge is 0.465 e. The highest BCUT2D eigenvalue weighted by Gasteiger charge is 2.25. The van der Waals surface area contributed by atoms with Crippen molar-refractivity contribution in [2.45, 2.75) is 32.5 Å². The molecule has 0 aliphatic heterocycles. The Morgan fingerprint density at radius 1 is 1.19 bits per heavy atom. The highest BCUT2D eigenvalue weighted by molar-refractivity contribution is 7.99. The Kier molecular flexibility index (Phi) is 7.31. The number of hydrogen-bond acceptors (Lipinski definition) is 8. The van der Waals surface area contributed by atoms with Gasteiger partial charge in [0.2, 0.25) is 5.91 Å². The third kappa shape index (κ3) is 4.83. The lowest BCUT2D eigenvalue weighted by atomic mass is 10.1. The average Bonchev–Trinajstić information content (AvgIpc) is 3.32. The summed E-state index contributed by atoms with van der Waals surface area (Å²) in [6.45, 7) is 6.22. The molecule has 11 heteroatoms. The third-order valence-corrected chi connectivity index (χ3v) is 6.88. The fourth-order valence-electron chi connectivity index (χ4n) is 3.07. The second kappa shape index (κ2) is 9.96. The van der Waals surface area contributed by atoms with Gasteiger partial charge >= 0.3 is 5.97 Å². The van der Waals surface area contributed by atoms with Crippen molar-refractivity contribution in [3.8, 4) is 11.4 Å². The molecular formula is C21H23N5O4S2. The van der Waals surface area contributed by atoms with Gasteiger partial charge < -0.3 is 20.4 Å². The molecule has 2 amide bonds. The van der Waals surface area contributed by atoms with Crippen LogP contribution in [-0.2, 0) is 16.1 Å². The van der Waals surface area contributed by atoms with Gasteiger partial charge in [-0.15, -0.1) is 21.5 Å². The minimum Gasteiger partial charge on any atom is -0.465 e. The Bertz CT molecular complexity index is 1170. The van der Waals surface area contributed by atoms with Crippen molar-refractivity contribution in [2.75, 3.05) is 18.2 Å². The van der Waals surface area contributed by atoms with Gasteiger partial charge in [-0.2, -0.15) is 0 Å². The van der Waals surface area contributed by atoms with E-state index in [1.807, 2.05) is 42.7 Å². The second-order valence-electron chi connectivity index (χ2n) is 6.87. The zero-order valence-electron chi connectivity index (χ0n) is 18.1. The van der Waals surface area contributed by atoms with E-state index in [0.29, 0.717) is 17.3 Å². The number of nitrogens with zero attached hydrogens (tertiary/aromatic N) is 3. The summed E-state index contributed by atoms with van der Waals surface area (Å²) in [4.78, 5) is 36.6. The minimum atomic E-state index is -0.674. The van der Waals surface area contributed by atoms with Crippen molar-refractivity contribution in [2.24, 2.45) is 5.73 Å². The molecule has 0 fully saturated rings. The van der Waals surface area contributed by atoms with Crippen molar-refractivity contribution in [1.29, 1.82) is 0 Å². The van der Waals surface area contributed by atoms with Crippen LogP contribution in [0.3, 0.4) is 0 Å². The first-order valence-electron chi connectivity index (χ1n) is 9.71. The highest BCUT2D eigenvalue weighted by atomic mass is 32.2. The highest BCUT2D eigenvalue weighted by Crippen LogP contribution is 2.34. The number of hydrogen-bond donors (Lipinski definition) is 2. The van der Waals surface area contributed by atoms with Gasteiger partial charge in [0.25, 0.3) is 5.91 Å².